The van der Waals surface area contributed by atoms with Crippen LogP contribution in [0, 0.1) is 12.7 Å². The molecule has 0 saturated carbocycles. The lowest BCUT2D eigenvalue weighted by molar-refractivity contribution is -0.131. The zero-order valence-electron chi connectivity index (χ0n) is 12.9. The van der Waals surface area contributed by atoms with Crippen LogP contribution >= 0.6 is 15.9 Å². The van der Waals surface area contributed by atoms with Gasteiger partial charge in [0.25, 0.3) is 5.91 Å². The lowest BCUT2D eigenvalue weighted by atomic mass is 10.0. The summed E-state index contributed by atoms with van der Waals surface area (Å²) in [6.07, 6.45) is 1.56. The van der Waals surface area contributed by atoms with Crippen molar-refractivity contribution in [3.05, 3.63) is 40.2 Å². The molecule has 120 valence electrons. The molecule has 0 aliphatic carbocycles. The molecule has 2 N–H and O–H groups in total. The Balaban J connectivity index is 2.29. The summed E-state index contributed by atoms with van der Waals surface area (Å²) < 4.78 is 20.9. The normalized spacial score (nSPS) is 16.0. The summed E-state index contributed by atoms with van der Waals surface area (Å²) in [7, 11) is 0. The first-order valence-corrected chi connectivity index (χ1v) is 7.75. The Bertz CT molecular complexity index is 823. The van der Waals surface area contributed by atoms with E-state index in [1.807, 2.05) is 6.07 Å². The number of nitrogens with two attached hydrogens (primary N) is 1. The highest BCUT2D eigenvalue weighted by molar-refractivity contribution is 9.10. The number of nitrogens with zero attached hydrogens (tertiary/aromatic N) is 2. The molecule has 1 aliphatic rings. The molecule has 2 aromatic rings. The van der Waals surface area contributed by atoms with Gasteiger partial charge < -0.3 is 10.5 Å². The van der Waals surface area contributed by atoms with Crippen LogP contribution in [0.25, 0.3) is 0 Å². The number of hydrogen-bond acceptors (Lipinski definition) is 4. The third-order valence-corrected chi connectivity index (χ3v) is 4.02. The SMILES string of the molecule is Cc1cc(Br)cnc1N1C(=O)C(C)(C)Oc2cc(N)cc(F)c21. The molecule has 0 atom stereocenters. The second-order valence-electron chi connectivity index (χ2n) is 5.90. The smallest absolute Gasteiger partial charge is 0.276 e. The molecule has 7 heteroatoms. The standard InChI is InChI=1S/C16H15BrFN3O2/c1-8-4-9(17)7-20-14(8)21-13-11(18)5-10(19)6-12(13)23-16(2,3)15(21)22/h4-7H,19H2,1-3H3. The molecule has 0 unspecified atom stereocenters. The predicted octanol–water partition coefficient (Wildman–Crippen LogP) is 3.71. The molecule has 23 heavy (non-hydrogen) atoms. The number of pyridine rings is 1. The van der Waals surface area contributed by atoms with E-state index in [9.17, 15) is 9.18 Å². The van der Waals surface area contributed by atoms with Crippen LogP contribution in [0.4, 0.5) is 21.6 Å². The van der Waals surface area contributed by atoms with Gasteiger partial charge in [0, 0.05) is 22.4 Å². The maximum absolute atomic E-state index is 14.5. The Kier molecular flexibility index (Phi) is 3.55. The molecule has 0 radical (unpaired) electrons. The summed E-state index contributed by atoms with van der Waals surface area (Å²) >= 11 is 3.33. The molecular formula is C16H15BrFN3O2. The van der Waals surface area contributed by atoms with E-state index in [4.69, 9.17) is 10.5 Å². The molecule has 3 rings (SSSR count). The number of carbonyl (C=O) groups excluding carboxylic acids is 1. The van der Waals surface area contributed by atoms with Gasteiger partial charge in [-0.2, -0.15) is 0 Å². The van der Waals surface area contributed by atoms with Crippen molar-refractivity contribution in [2.75, 3.05) is 10.6 Å². The average molecular weight is 380 g/mol. The van der Waals surface area contributed by atoms with Gasteiger partial charge in [-0.15, -0.1) is 0 Å². The fourth-order valence-electron chi connectivity index (χ4n) is 2.55. The van der Waals surface area contributed by atoms with E-state index in [1.165, 1.54) is 11.0 Å². The number of aryl methyl sites for hydroxylation is 1. The van der Waals surface area contributed by atoms with Crippen molar-refractivity contribution in [2.45, 2.75) is 26.4 Å². The van der Waals surface area contributed by atoms with E-state index in [0.29, 0.717) is 5.82 Å². The first-order valence-electron chi connectivity index (χ1n) is 6.95. The monoisotopic (exact) mass is 379 g/mol. The Morgan fingerprint density at radius 3 is 2.70 bits per heavy atom. The maximum Gasteiger partial charge on any atom is 0.276 e. The molecule has 1 aromatic carbocycles. The Morgan fingerprint density at radius 2 is 2.04 bits per heavy atom. The number of ether oxygens (including phenoxy) is 1. The summed E-state index contributed by atoms with van der Waals surface area (Å²) in [5, 5.41) is 0. The summed E-state index contributed by atoms with van der Waals surface area (Å²) in [4.78, 5) is 18.4. The fraction of sp³-hybridized carbons (Fsp3) is 0.250. The van der Waals surface area contributed by atoms with Crippen LogP contribution in [0.2, 0.25) is 0 Å². The number of halogens is 2. The van der Waals surface area contributed by atoms with Crippen molar-refractivity contribution in [1.29, 1.82) is 0 Å². The van der Waals surface area contributed by atoms with Crippen molar-refractivity contribution in [3.63, 3.8) is 0 Å². The van der Waals surface area contributed by atoms with Gasteiger partial charge in [-0.25, -0.2) is 9.37 Å². The van der Waals surface area contributed by atoms with E-state index in [1.54, 1.807) is 27.0 Å². The van der Waals surface area contributed by atoms with Gasteiger partial charge in [0.1, 0.15) is 17.3 Å². The number of rotatable bonds is 1. The molecule has 1 amide bonds. The minimum Gasteiger partial charge on any atom is -0.476 e. The molecule has 0 saturated heterocycles. The van der Waals surface area contributed by atoms with Crippen molar-refractivity contribution < 1.29 is 13.9 Å². The lowest BCUT2D eigenvalue weighted by Crippen LogP contribution is -2.51. The number of nitrogen functional groups attached to an aromatic ring is 1. The average Bonchev–Trinajstić information content (AvgIpc) is 2.41. The highest BCUT2D eigenvalue weighted by Gasteiger charge is 2.44. The van der Waals surface area contributed by atoms with Crippen LogP contribution in [-0.4, -0.2) is 16.5 Å². The maximum atomic E-state index is 14.5. The molecule has 0 spiro atoms. The second kappa shape index (κ2) is 5.19. The summed E-state index contributed by atoms with van der Waals surface area (Å²) in [6, 6.07) is 4.48. The number of anilines is 3. The third kappa shape index (κ3) is 2.55. The minimum atomic E-state index is -1.16. The van der Waals surface area contributed by atoms with E-state index in [-0.39, 0.29) is 17.1 Å². The number of amides is 1. The first-order chi connectivity index (χ1) is 10.7. The zero-order valence-corrected chi connectivity index (χ0v) is 14.4. The summed E-state index contributed by atoms with van der Waals surface area (Å²) in [5.74, 6) is -0.449. The van der Waals surface area contributed by atoms with Crippen LogP contribution in [0.3, 0.4) is 0 Å². The van der Waals surface area contributed by atoms with Gasteiger partial charge in [0.2, 0.25) is 0 Å². The third-order valence-electron chi connectivity index (χ3n) is 3.59. The van der Waals surface area contributed by atoms with Crippen LogP contribution in [0.15, 0.2) is 28.9 Å². The van der Waals surface area contributed by atoms with Gasteiger partial charge in [-0.05, 0) is 54.4 Å². The van der Waals surface area contributed by atoms with E-state index in [0.717, 1.165) is 16.1 Å². The first kappa shape index (κ1) is 15.7. The molecule has 2 heterocycles. The Hall–Kier alpha value is -2.15. The Morgan fingerprint density at radius 1 is 1.35 bits per heavy atom. The zero-order chi connectivity index (χ0) is 16.9. The second-order valence-corrected chi connectivity index (χ2v) is 6.81. The molecule has 1 aromatic heterocycles. The van der Waals surface area contributed by atoms with Crippen molar-refractivity contribution in [1.82, 2.24) is 4.98 Å². The highest BCUT2D eigenvalue weighted by Crippen LogP contribution is 2.45. The number of hydrogen-bond donors (Lipinski definition) is 1. The van der Waals surface area contributed by atoms with Gasteiger partial charge >= 0.3 is 0 Å². The van der Waals surface area contributed by atoms with Gasteiger partial charge in [0.15, 0.2) is 11.4 Å². The number of carbonyl (C=O) groups is 1. The number of fused-ring (bicyclic) bond motifs is 1. The topological polar surface area (TPSA) is 68.5 Å². The quantitative estimate of drug-likeness (QED) is 0.766. The van der Waals surface area contributed by atoms with E-state index < -0.39 is 17.3 Å². The minimum absolute atomic E-state index is 0.0291. The fourth-order valence-corrected chi connectivity index (χ4v) is 2.99. The molecule has 0 bridgehead atoms. The molecule has 0 fully saturated rings. The largest absolute Gasteiger partial charge is 0.476 e. The van der Waals surface area contributed by atoms with Crippen molar-refractivity contribution in [2.24, 2.45) is 0 Å². The molecule has 5 nitrogen and oxygen atoms in total. The van der Waals surface area contributed by atoms with Crippen LogP contribution in [0.1, 0.15) is 19.4 Å². The van der Waals surface area contributed by atoms with Crippen LogP contribution < -0.4 is 15.4 Å². The summed E-state index contributed by atoms with van der Waals surface area (Å²) in [5.41, 5.74) is 5.52. The van der Waals surface area contributed by atoms with E-state index >= 15 is 0 Å². The van der Waals surface area contributed by atoms with Crippen molar-refractivity contribution in [3.8, 4) is 5.75 Å². The number of benzene rings is 1. The molecular weight excluding hydrogens is 365 g/mol. The van der Waals surface area contributed by atoms with Crippen LogP contribution in [-0.2, 0) is 4.79 Å². The highest BCUT2D eigenvalue weighted by atomic mass is 79.9. The number of aromatic nitrogens is 1. The van der Waals surface area contributed by atoms with Crippen LogP contribution in [0.5, 0.6) is 5.75 Å². The predicted molar refractivity (Wildman–Crippen MR) is 89.3 cm³/mol. The lowest BCUT2D eigenvalue weighted by Gasteiger charge is -2.38. The Labute approximate surface area is 141 Å². The van der Waals surface area contributed by atoms with E-state index in [2.05, 4.69) is 20.9 Å². The molecule has 1 aliphatic heterocycles. The van der Waals surface area contributed by atoms with Gasteiger partial charge in [0.05, 0.1) is 0 Å². The van der Waals surface area contributed by atoms with Gasteiger partial charge in [-0.3, -0.25) is 9.69 Å². The summed E-state index contributed by atoms with van der Waals surface area (Å²) in [6.45, 7) is 5.05. The van der Waals surface area contributed by atoms with Gasteiger partial charge in [-0.1, -0.05) is 0 Å². The van der Waals surface area contributed by atoms with Crippen molar-refractivity contribution >= 4 is 39.0 Å².